The number of hydrogen-bond donors (Lipinski definition) is 1. The first-order valence-electron chi connectivity index (χ1n) is 9.51. The van der Waals surface area contributed by atoms with E-state index in [1.807, 2.05) is 25.1 Å². The Balaban J connectivity index is 1.46. The lowest BCUT2D eigenvalue weighted by atomic mass is 9.85. The van der Waals surface area contributed by atoms with Gasteiger partial charge in [0.15, 0.2) is 6.61 Å². The summed E-state index contributed by atoms with van der Waals surface area (Å²) in [5, 5.41) is 2.64. The van der Waals surface area contributed by atoms with Crippen LogP contribution in [0.1, 0.15) is 24.8 Å². The molecule has 154 valence electrons. The molecule has 1 heterocycles. The number of nitrogens with zero attached hydrogens (tertiary/aromatic N) is 1. The average Bonchev–Trinajstić information content (AvgIpc) is 2.95. The zero-order chi connectivity index (χ0) is 21.0. The topological polar surface area (TPSA) is 102 Å². The zero-order valence-corrected chi connectivity index (χ0v) is 16.5. The van der Waals surface area contributed by atoms with E-state index in [4.69, 9.17) is 9.47 Å². The Kier molecular flexibility index (Phi) is 6.31. The van der Waals surface area contributed by atoms with Crippen LogP contribution < -0.4 is 10.1 Å². The van der Waals surface area contributed by atoms with Gasteiger partial charge < -0.3 is 14.8 Å². The van der Waals surface area contributed by atoms with Gasteiger partial charge in [0.05, 0.1) is 31.1 Å². The van der Waals surface area contributed by atoms with E-state index in [1.165, 1.54) is 7.11 Å². The molecule has 1 N–H and O–H groups in total. The third kappa shape index (κ3) is 4.64. The summed E-state index contributed by atoms with van der Waals surface area (Å²) in [6.45, 7) is 1.38. The molecule has 8 nitrogen and oxygen atoms in total. The minimum absolute atomic E-state index is 0.0309. The lowest BCUT2D eigenvalue weighted by Gasteiger charge is -2.14. The van der Waals surface area contributed by atoms with Crippen LogP contribution in [-0.2, 0) is 23.9 Å². The van der Waals surface area contributed by atoms with E-state index in [9.17, 15) is 19.2 Å². The summed E-state index contributed by atoms with van der Waals surface area (Å²) in [5.74, 6) is -1.77. The van der Waals surface area contributed by atoms with E-state index in [0.29, 0.717) is 24.3 Å². The molecule has 1 saturated heterocycles. The van der Waals surface area contributed by atoms with Crippen LogP contribution in [-0.4, -0.2) is 48.9 Å². The molecular formula is C21H24N2O6. The van der Waals surface area contributed by atoms with Crippen LogP contribution >= 0.6 is 0 Å². The molecule has 1 aromatic carbocycles. The van der Waals surface area contributed by atoms with Crippen molar-refractivity contribution in [1.29, 1.82) is 0 Å². The fourth-order valence-corrected chi connectivity index (χ4v) is 3.62. The summed E-state index contributed by atoms with van der Waals surface area (Å²) >= 11 is 0. The number of carbonyl (C=O) groups excluding carboxylic acids is 4. The molecule has 2 atom stereocenters. The van der Waals surface area contributed by atoms with Crippen LogP contribution in [0.5, 0.6) is 5.75 Å². The summed E-state index contributed by atoms with van der Waals surface area (Å²) in [6, 6.07) is 5.33. The smallest absolute Gasteiger partial charge is 0.308 e. The Hall–Kier alpha value is -3.16. The lowest BCUT2D eigenvalue weighted by Crippen LogP contribution is -2.33. The quantitative estimate of drug-likeness (QED) is 0.426. The van der Waals surface area contributed by atoms with E-state index >= 15 is 0 Å². The first-order valence-corrected chi connectivity index (χ1v) is 9.51. The maximum absolute atomic E-state index is 12.4. The van der Waals surface area contributed by atoms with Gasteiger partial charge in [0.25, 0.3) is 5.91 Å². The predicted molar refractivity (Wildman–Crippen MR) is 104 cm³/mol. The number of carbonyl (C=O) groups is 4. The molecule has 1 aliphatic heterocycles. The monoisotopic (exact) mass is 400 g/mol. The summed E-state index contributed by atoms with van der Waals surface area (Å²) in [6.07, 6.45) is 4.78. The van der Waals surface area contributed by atoms with Crippen LogP contribution in [0.25, 0.3) is 0 Å². The largest absolute Gasteiger partial charge is 0.495 e. The minimum Gasteiger partial charge on any atom is -0.495 e. The Morgan fingerprint density at radius 1 is 1.14 bits per heavy atom. The van der Waals surface area contributed by atoms with E-state index in [1.54, 1.807) is 12.1 Å². The number of imide groups is 1. The fraction of sp³-hybridized carbons (Fsp3) is 0.429. The molecule has 8 heteroatoms. The number of benzene rings is 1. The average molecular weight is 400 g/mol. The van der Waals surface area contributed by atoms with Gasteiger partial charge in [-0.2, -0.15) is 0 Å². The molecule has 2 aliphatic rings. The number of fused-ring (bicyclic) bond motifs is 1. The van der Waals surface area contributed by atoms with Gasteiger partial charge in [-0.3, -0.25) is 24.1 Å². The second-order valence-corrected chi connectivity index (χ2v) is 7.15. The number of amides is 3. The third-order valence-electron chi connectivity index (χ3n) is 5.13. The molecular weight excluding hydrogens is 376 g/mol. The van der Waals surface area contributed by atoms with Crippen molar-refractivity contribution in [1.82, 2.24) is 4.90 Å². The van der Waals surface area contributed by atoms with Gasteiger partial charge in [0.2, 0.25) is 11.8 Å². The summed E-state index contributed by atoms with van der Waals surface area (Å²) in [7, 11) is 1.49. The van der Waals surface area contributed by atoms with Crippen molar-refractivity contribution < 1.29 is 28.7 Å². The van der Waals surface area contributed by atoms with Gasteiger partial charge in [0, 0.05) is 6.54 Å². The summed E-state index contributed by atoms with van der Waals surface area (Å²) in [4.78, 5) is 49.9. The van der Waals surface area contributed by atoms with Gasteiger partial charge >= 0.3 is 5.97 Å². The summed E-state index contributed by atoms with van der Waals surface area (Å²) < 4.78 is 10.2. The van der Waals surface area contributed by atoms with Crippen molar-refractivity contribution in [3.8, 4) is 5.75 Å². The van der Waals surface area contributed by atoms with Crippen LogP contribution in [0, 0.1) is 18.8 Å². The maximum Gasteiger partial charge on any atom is 0.308 e. The molecule has 3 rings (SSSR count). The molecule has 0 bridgehead atoms. The highest BCUT2D eigenvalue weighted by Gasteiger charge is 2.46. The Morgan fingerprint density at radius 3 is 2.41 bits per heavy atom. The number of ether oxygens (including phenoxy) is 2. The second kappa shape index (κ2) is 8.89. The zero-order valence-electron chi connectivity index (χ0n) is 16.5. The number of rotatable bonds is 7. The second-order valence-electron chi connectivity index (χ2n) is 7.15. The number of anilines is 1. The van der Waals surface area contributed by atoms with Crippen molar-refractivity contribution in [3.63, 3.8) is 0 Å². The first-order chi connectivity index (χ1) is 13.9. The molecule has 0 saturated carbocycles. The van der Waals surface area contributed by atoms with E-state index < -0.39 is 18.5 Å². The number of aryl methyl sites for hydroxylation is 1. The first kappa shape index (κ1) is 20.6. The molecule has 3 amide bonds. The highest BCUT2D eigenvalue weighted by Crippen LogP contribution is 2.35. The molecule has 1 aliphatic carbocycles. The SMILES string of the molecule is COc1ccc(C)cc1NC(=O)COC(=O)CCN1C(=O)[C@H]2CC=CC[C@H]2C1=O. The van der Waals surface area contributed by atoms with Gasteiger partial charge in [-0.05, 0) is 37.5 Å². The molecule has 0 unspecified atom stereocenters. The maximum atomic E-state index is 12.4. The van der Waals surface area contributed by atoms with Crippen LogP contribution in [0.3, 0.4) is 0 Å². The van der Waals surface area contributed by atoms with Gasteiger partial charge in [-0.25, -0.2) is 0 Å². The highest BCUT2D eigenvalue weighted by molar-refractivity contribution is 6.05. The standard InChI is InChI=1S/C21H24N2O6/c1-13-7-8-17(28-2)16(11-13)22-18(24)12-29-19(25)9-10-23-20(26)14-5-3-4-6-15(14)21(23)27/h3-4,7-8,11,14-15H,5-6,9-10,12H2,1-2H3,(H,22,24)/t14-,15+. The van der Waals surface area contributed by atoms with E-state index in [-0.39, 0.29) is 36.6 Å². The molecule has 1 aromatic rings. The number of esters is 1. The minimum atomic E-state index is -0.648. The van der Waals surface area contributed by atoms with Gasteiger partial charge in [-0.15, -0.1) is 0 Å². The lowest BCUT2D eigenvalue weighted by molar-refractivity contribution is -0.148. The molecule has 29 heavy (non-hydrogen) atoms. The van der Waals surface area contributed by atoms with Crippen molar-refractivity contribution in [2.75, 3.05) is 25.6 Å². The predicted octanol–water partition coefficient (Wildman–Crippen LogP) is 1.83. The molecule has 0 radical (unpaired) electrons. The highest BCUT2D eigenvalue weighted by atomic mass is 16.5. The van der Waals surface area contributed by atoms with Crippen molar-refractivity contribution in [2.24, 2.45) is 11.8 Å². The van der Waals surface area contributed by atoms with Gasteiger partial charge in [0.1, 0.15) is 5.75 Å². The molecule has 0 spiro atoms. The number of nitrogens with one attached hydrogen (secondary N) is 1. The third-order valence-corrected chi connectivity index (χ3v) is 5.13. The normalized spacial score (nSPS) is 20.4. The Bertz CT molecular complexity index is 837. The molecule has 1 fully saturated rings. The van der Waals surface area contributed by atoms with Crippen molar-refractivity contribution in [3.05, 3.63) is 35.9 Å². The van der Waals surface area contributed by atoms with Crippen molar-refractivity contribution >= 4 is 29.4 Å². The van der Waals surface area contributed by atoms with Crippen molar-refractivity contribution in [2.45, 2.75) is 26.2 Å². The number of hydrogen-bond acceptors (Lipinski definition) is 6. The van der Waals surface area contributed by atoms with E-state index in [2.05, 4.69) is 5.32 Å². The van der Waals surface area contributed by atoms with Gasteiger partial charge in [-0.1, -0.05) is 18.2 Å². The van der Waals surface area contributed by atoms with Crippen LogP contribution in [0.15, 0.2) is 30.4 Å². The number of methoxy groups -OCH3 is 1. The number of likely N-dealkylation sites (tertiary alicyclic amines) is 1. The summed E-state index contributed by atoms with van der Waals surface area (Å²) in [5.41, 5.74) is 1.42. The number of allylic oxidation sites excluding steroid dienone is 2. The Labute approximate surface area is 168 Å². The Morgan fingerprint density at radius 2 is 1.79 bits per heavy atom. The van der Waals surface area contributed by atoms with Crippen LogP contribution in [0.4, 0.5) is 5.69 Å². The molecule has 0 aromatic heterocycles. The fourth-order valence-electron chi connectivity index (χ4n) is 3.62. The van der Waals surface area contributed by atoms with E-state index in [0.717, 1.165) is 10.5 Å². The van der Waals surface area contributed by atoms with Crippen LogP contribution in [0.2, 0.25) is 0 Å².